The zero-order valence-corrected chi connectivity index (χ0v) is 27.3. The number of benzene rings is 2. The van der Waals surface area contributed by atoms with E-state index in [1.165, 1.54) is 4.90 Å². The molecule has 1 fully saturated rings. The third-order valence-corrected chi connectivity index (χ3v) is 7.85. The Balaban J connectivity index is 1.59. The van der Waals surface area contributed by atoms with E-state index in [2.05, 4.69) is 15.9 Å². The third kappa shape index (κ3) is 6.47. The highest BCUT2D eigenvalue weighted by atomic mass is 79.9. The van der Waals surface area contributed by atoms with Gasteiger partial charge in [-0.25, -0.2) is 14.8 Å². The second kappa shape index (κ2) is 13.0. The van der Waals surface area contributed by atoms with Crippen LogP contribution in [-0.4, -0.2) is 70.7 Å². The monoisotopic (exact) mass is 685 g/mol. The van der Waals surface area contributed by atoms with Crippen molar-refractivity contribution in [3.05, 3.63) is 75.9 Å². The fourth-order valence-electron chi connectivity index (χ4n) is 4.99. The summed E-state index contributed by atoms with van der Waals surface area (Å²) in [6.07, 6.45) is 0.905. The lowest BCUT2D eigenvalue weighted by atomic mass is 10.1. The predicted molar refractivity (Wildman–Crippen MR) is 169 cm³/mol. The van der Waals surface area contributed by atoms with Gasteiger partial charge in [0.2, 0.25) is 0 Å². The zero-order chi connectivity index (χ0) is 31.6. The van der Waals surface area contributed by atoms with Crippen molar-refractivity contribution in [3.8, 4) is 11.5 Å². The van der Waals surface area contributed by atoms with E-state index < -0.39 is 23.8 Å². The lowest BCUT2D eigenvalue weighted by molar-refractivity contribution is -0.123. The molecule has 0 spiro atoms. The highest BCUT2D eigenvalue weighted by molar-refractivity contribution is 9.10. The molecular formula is C31H33BrClN5O6. The number of hydrogen-bond acceptors (Lipinski definition) is 9. The van der Waals surface area contributed by atoms with Gasteiger partial charge in [-0.15, -0.1) is 0 Å². The van der Waals surface area contributed by atoms with Crippen LogP contribution in [0.5, 0.6) is 11.5 Å². The van der Waals surface area contributed by atoms with E-state index in [0.717, 1.165) is 11.3 Å². The Hall–Kier alpha value is -3.87. The SMILES string of the molecule is COc1ccc(CN(c2ccccc2)c2ncc(Cl)n3c(C4CN(C(=O)OC(C)(C)C)C(C=O)CO4)nc(Br)c23)c(OC)c1. The standard InChI is InChI=1S/C31H33BrClN5O6/c1-31(2,3)44-30(40)37-16-24(43-18-21(37)17-39)28-35-27(32)26-29(34-14-25(33)38(26)28)36(20-9-7-6-8-10-20)15-19-11-12-22(41-4)13-23(19)42-5/h6-14,17,21,24H,15-16,18H2,1-5H3. The van der Waals surface area contributed by atoms with Gasteiger partial charge in [-0.2, -0.15) is 0 Å². The number of halogens is 2. The van der Waals surface area contributed by atoms with E-state index in [1.807, 2.05) is 53.4 Å². The number of hydrogen-bond donors (Lipinski definition) is 0. The smallest absolute Gasteiger partial charge is 0.411 e. The summed E-state index contributed by atoms with van der Waals surface area (Å²) < 4.78 is 25.0. The van der Waals surface area contributed by atoms with Crippen LogP contribution in [0.4, 0.5) is 16.3 Å². The predicted octanol–water partition coefficient (Wildman–Crippen LogP) is 6.38. The number of rotatable bonds is 8. The number of aromatic nitrogens is 3. The van der Waals surface area contributed by atoms with Crippen LogP contribution in [0.2, 0.25) is 5.15 Å². The van der Waals surface area contributed by atoms with E-state index in [9.17, 15) is 9.59 Å². The number of nitrogens with zero attached hydrogens (tertiary/aromatic N) is 5. The number of para-hydroxylation sites is 1. The number of amides is 1. The van der Waals surface area contributed by atoms with E-state index in [4.69, 9.17) is 40.5 Å². The molecule has 3 heterocycles. The van der Waals surface area contributed by atoms with Crippen LogP contribution in [0.25, 0.3) is 5.52 Å². The molecule has 0 aliphatic carbocycles. The van der Waals surface area contributed by atoms with Crippen LogP contribution in [0.1, 0.15) is 38.3 Å². The van der Waals surface area contributed by atoms with Gasteiger partial charge in [0, 0.05) is 17.3 Å². The van der Waals surface area contributed by atoms with E-state index in [0.29, 0.717) is 46.1 Å². The molecule has 11 nitrogen and oxygen atoms in total. The highest BCUT2D eigenvalue weighted by Crippen LogP contribution is 2.39. The minimum absolute atomic E-state index is 0.0249. The minimum Gasteiger partial charge on any atom is -0.497 e. The number of imidazole rings is 1. The topological polar surface area (TPSA) is 108 Å². The maximum Gasteiger partial charge on any atom is 0.411 e. The van der Waals surface area contributed by atoms with Gasteiger partial charge in [0.05, 0.1) is 40.1 Å². The number of ether oxygens (including phenoxy) is 4. The summed E-state index contributed by atoms with van der Waals surface area (Å²) in [5.74, 6) is 2.34. The van der Waals surface area contributed by atoms with Crippen LogP contribution < -0.4 is 14.4 Å². The van der Waals surface area contributed by atoms with Crippen molar-refractivity contribution in [2.24, 2.45) is 0 Å². The summed E-state index contributed by atoms with van der Waals surface area (Å²) in [4.78, 5) is 37.8. The zero-order valence-electron chi connectivity index (χ0n) is 25.0. The van der Waals surface area contributed by atoms with Crippen molar-refractivity contribution in [2.75, 3.05) is 32.3 Å². The van der Waals surface area contributed by atoms with E-state index >= 15 is 0 Å². The van der Waals surface area contributed by atoms with Gasteiger partial charge in [0.15, 0.2) is 5.82 Å². The fourth-order valence-corrected chi connectivity index (χ4v) is 5.74. The van der Waals surface area contributed by atoms with Gasteiger partial charge >= 0.3 is 6.09 Å². The van der Waals surface area contributed by atoms with Crippen molar-refractivity contribution in [2.45, 2.75) is 45.1 Å². The van der Waals surface area contributed by atoms with Crippen molar-refractivity contribution < 1.29 is 28.5 Å². The molecule has 0 bridgehead atoms. The average Bonchev–Trinajstić information content (AvgIpc) is 3.37. The Kier molecular flexibility index (Phi) is 9.33. The average molecular weight is 687 g/mol. The first kappa shape index (κ1) is 31.6. The van der Waals surface area contributed by atoms with Gasteiger partial charge in [-0.1, -0.05) is 29.8 Å². The molecule has 5 rings (SSSR count). The molecule has 0 radical (unpaired) electrons. The van der Waals surface area contributed by atoms with Crippen molar-refractivity contribution in [1.29, 1.82) is 0 Å². The maximum atomic E-state index is 13.1. The van der Waals surface area contributed by atoms with Crippen LogP contribution in [0.15, 0.2) is 59.3 Å². The van der Waals surface area contributed by atoms with Crippen LogP contribution >= 0.6 is 27.5 Å². The summed E-state index contributed by atoms with van der Waals surface area (Å²) in [5.41, 5.74) is 1.62. The van der Waals surface area contributed by atoms with Gasteiger partial charge in [0.1, 0.15) is 56.6 Å². The Morgan fingerprint density at radius 1 is 1.18 bits per heavy atom. The normalized spacial score (nSPS) is 16.9. The molecule has 2 aromatic heterocycles. The fraction of sp³-hybridized carbons (Fsp3) is 0.355. The summed E-state index contributed by atoms with van der Waals surface area (Å²) in [6.45, 7) is 5.71. The number of aldehydes is 1. The lowest BCUT2D eigenvalue weighted by Gasteiger charge is -2.37. The van der Waals surface area contributed by atoms with E-state index in [1.54, 1.807) is 45.6 Å². The lowest BCUT2D eigenvalue weighted by Crippen LogP contribution is -2.52. The van der Waals surface area contributed by atoms with Crippen LogP contribution in [-0.2, 0) is 20.8 Å². The molecule has 2 atom stereocenters. The molecule has 232 valence electrons. The van der Waals surface area contributed by atoms with Crippen molar-refractivity contribution in [1.82, 2.24) is 19.3 Å². The maximum absolute atomic E-state index is 13.1. The molecule has 1 aliphatic rings. The number of anilines is 2. The summed E-state index contributed by atoms with van der Waals surface area (Å²) in [5, 5.41) is 0.289. The number of morpholine rings is 1. The molecule has 1 aliphatic heterocycles. The largest absolute Gasteiger partial charge is 0.497 e. The second-order valence-corrected chi connectivity index (χ2v) is 12.2. The molecule has 2 aromatic carbocycles. The third-order valence-electron chi connectivity index (χ3n) is 7.03. The molecule has 4 aromatic rings. The van der Waals surface area contributed by atoms with Gasteiger partial charge < -0.3 is 28.6 Å². The Labute approximate surface area is 268 Å². The number of carbonyl (C=O) groups excluding carboxylic acids is 2. The summed E-state index contributed by atoms with van der Waals surface area (Å²) in [6, 6.07) is 14.7. The first-order valence-electron chi connectivity index (χ1n) is 13.9. The second-order valence-electron chi connectivity index (χ2n) is 11.1. The van der Waals surface area contributed by atoms with Gasteiger partial charge in [-0.3, -0.25) is 9.30 Å². The van der Waals surface area contributed by atoms with Crippen molar-refractivity contribution >= 4 is 56.9 Å². The Morgan fingerprint density at radius 2 is 1.93 bits per heavy atom. The summed E-state index contributed by atoms with van der Waals surface area (Å²) >= 11 is 10.4. The summed E-state index contributed by atoms with van der Waals surface area (Å²) in [7, 11) is 3.22. The van der Waals surface area contributed by atoms with Gasteiger partial charge in [-0.05, 0) is 61.0 Å². The van der Waals surface area contributed by atoms with Crippen molar-refractivity contribution in [3.63, 3.8) is 0 Å². The quantitative estimate of drug-likeness (QED) is 0.195. The number of fused-ring (bicyclic) bond motifs is 1. The molecule has 44 heavy (non-hydrogen) atoms. The van der Waals surface area contributed by atoms with Crippen LogP contribution in [0.3, 0.4) is 0 Å². The molecular weight excluding hydrogens is 654 g/mol. The van der Waals surface area contributed by atoms with Gasteiger partial charge in [0.25, 0.3) is 0 Å². The molecule has 0 saturated carbocycles. The number of methoxy groups -OCH3 is 2. The first-order chi connectivity index (χ1) is 21.0. The number of carbonyl (C=O) groups is 2. The molecule has 13 heteroatoms. The van der Waals surface area contributed by atoms with E-state index in [-0.39, 0.29) is 18.3 Å². The molecule has 1 amide bonds. The first-order valence-corrected chi connectivity index (χ1v) is 15.0. The van der Waals surface area contributed by atoms with Crippen LogP contribution in [0, 0.1) is 0 Å². The Bertz CT molecular complexity index is 1660. The Morgan fingerprint density at radius 3 is 2.59 bits per heavy atom. The molecule has 1 saturated heterocycles. The highest BCUT2D eigenvalue weighted by Gasteiger charge is 2.38. The minimum atomic E-state index is -0.795. The molecule has 2 unspecified atom stereocenters. The molecule has 0 N–H and O–H groups in total.